The van der Waals surface area contributed by atoms with Gasteiger partial charge in [0.1, 0.15) is 0 Å². The van der Waals surface area contributed by atoms with E-state index in [1.165, 1.54) is 18.5 Å². The van der Waals surface area contributed by atoms with Crippen molar-refractivity contribution in [2.24, 2.45) is 0 Å². The number of aryl methyl sites for hydroxylation is 1. The van der Waals surface area contributed by atoms with Crippen LogP contribution in [0.15, 0.2) is 30.3 Å². The van der Waals surface area contributed by atoms with Crippen LogP contribution in [-0.4, -0.2) is 16.8 Å². The Kier molecular flexibility index (Phi) is 5.25. The molecule has 1 aromatic carbocycles. The maximum absolute atomic E-state index is 12.8. The Morgan fingerprint density at radius 2 is 1.61 bits per heavy atom. The van der Waals surface area contributed by atoms with Gasteiger partial charge in [0.15, 0.2) is 0 Å². The van der Waals surface area contributed by atoms with Crippen LogP contribution in [0.1, 0.15) is 11.4 Å². The van der Waals surface area contributed by atoms with Crippen LogP contribution < -0.4 is 56.8 Å². The van der Waals surface area contributed by atoms with E-state index in [0.29, 0.717) is 5.69 Å². The molecule has 0 unspecified atom stereocenters. The summed E-state index contributed by atoms with van der Waals surface area (Å²) in [7, 11) is 0. The van der Waals surface area contributed by atoms with Gasteiger partial charge in [-0.1, -0.05) is 23.7 Å². The van der Waals surface area contributed by atoms with Crippen LogP contribution in [0.4, 0.5) is 12.9 Å². The van der Waals surface area contributed by atoms with Crippen LogP contribution in [0.3, 0.4) is 0 Å². The number of hydrogen-bond acceptors (Lipinski definition) is 1. The largest absolute Gasteiger partial charge is 1.00 e. The van der Waals surface area contributed by atoms with Gasteiger partial charge in [0.05, 0.1) is 5.69 Å². The first kappa shape index (κ1) is 16.0. The third-order valence-corrected chi connectivity index (χ3v) is 2.68. The van der Waals surface area contributed by atoms with Gasteiger partial charge in [0.2, 0.25) is 0 Å². The normalized spacial score (nSPS) is 11.2. The Balaban J connectivity index is 0.00000162. The summed E-state index contributed by atoms with van der Waals surface area (Å²) in [5.74, 6) is 0. The third kappa shape index (κ3) is 3.08. The van der Waals surface area contributed by atoms with Gasteiger partial charge in [0.25, 0.3) is 0 Å². The van der Waals surface area contributed by atoms with Crippen LogP contribution in [0.2, 0.25) is 0 Å². The van der Waals surface area contributed by atoms with E-state index in [2.05, 4.69) is 5.10 Å². The van der Waals surface area contributed by atoms with Gasteiger partial charge < -0.3 is 12.9 Å². The minimum absolute atomic E-state index is 0. The molecule has 0 saturated heterocycles. The molecule has 0 atom stereocenters. The Morgan fingerprint density at radius 3 is 2.06 bits per heavy atom. The summed E-state index contributed by atoms with van der Waals surface area (Å²) < 4.78 is 39.9. The van der Waals surface area contributed by atoms with Gasteiger partial charge in [-0.15, -0.1) is 0 Å². The molecule has 0 fully saturated rings. The summed E-state index contributed by atoms with van der Waals surface area (Å²) in [4.78, 5) is 0. The van der Waals surface area contributed by atoms with Crippen molar-refractivity contribution < 1.29 is 64.3 Å². The molecule has 7 heteroatoms. The van der Waals surface area contributed by atoms with Gasteiger partial charge in [0, 0.05) is 11.4 Å². The molecule has 0 amide bonds. The summed E-state index contributed by atoms with van der Waals surface area (Å²) in [6.45, 7) is -2.19. The number of para-hydroxylation sites is 1. The zero-order chi connectivity index (χ0) is 12.6. The fourth-order valence-electron chi connectivity index (χ4n) is 1.95. The SMILES string of the molecule is Cc1nn(-c2ccccc2)c(C)c1[B-](F)(F)F.[K+]. The van der Waals surface area contributed by atoms with Crippen LogP contribution in [0.5, 0.6) is 0 Å². The van der Waals surface area contributed by atoms with Crippen molar-refractivity contribution in [3.63, 3.8) is 0 Å². The summed E-state index contributed by atoms with van der Waals surface area (Å²) in [6.07, 6.45) is 0. The maximum atomic E-state index is 12.8. The Morgan fingerprint density at radius 1 is 1.06 bits per heavy atom. The van der Waals surface area contributed by atoms with Gasteiger partial charge in [-0.05, 0) is 26.0 Å². The fraction of sp³-hybridized carbons (Fsp3) is 0.182. The molecule has 0 aliphatic heterocycles. The van der Waals surface area contributed by atoms with Crippen molar-refractivity contribution in [2.45, 2.75) is 13.8 Å². The minimum Gasteiger partial charge on any atom is -0.445 e. The monoisotopic (exact) mass is 278 g/mol. The molecule has 0 saturated carbocycles. The molecule has 0 bridgehead atoms. The maximum Gasteiger partial charge on any atom is 1.00 e. The number of hydrogen-bond donors (Lipinski definition) is 0. The van der Waals surface area contributed by atoms with Crippen LogP contribution in [-0.2, 0) is 0 Å². The minimum atomic E-state index is -5.02. The second-order valence-corrected chi connectivity index (χ2v) is 3.91. The fourth-order valence-corrected chi connectivity index (χ4v) is 1.95. The number of rotatable bonds is 2. The second-order valence-electron chi connectivity index (χ2n) is 3.91. The number of aromatic nitrogens is 2. The van der Waals surface area contributed by atoms with Gasteiger partial charge in [-0.25, -0.2) is 4.68 Å². The van der Waals surface area contributed by atoms with Crippen molar-refractivity contribution in [1.82, 2.24) is 9.78 Å². The van der Waals surface area contributed by atoms with E-state index < -0.39 is 12.4 Å². The van der Waals surface area contributed by atoms with E-state index in [1.807, 2.05) is 6.07 Å². The average molecular weight is 278 g/mol. The topological polar surface area (TPSA) is 17.8 Å². The summed E-state index contributed by atoms with van der Waals surface area (Å²) >= 11 is 0. The van der Waals surface area contributed by atoms with Crippen molar-refractivity contribution in [3.8, 4) is 5.69 Å². The van der Waals surface area contributed by atoms with Crippen molar-refractivity contribution in [2.75, 3.05) is 0 Å². The van der Waals surface area contributed by atoms with E-state index in [0.717, 1.165) is 0 Å². The molecule has 1 aromatic heterocycles. The molecule has 2 nitrogen and oxygen atoms in total. The number of nitrogens with zero attached hydrogens (tertiary/aromatic N) is 2. The smallest absolute Gasteiger partial charge is 0.445 e. The van der Waals surface area contributed by atoms with E-state index >= 15 is 0 Å². The molecule has 2 aromatic rings. The molecule has 0 spiro atoms. The summed E-state index contributed by atoms with van der Waals surface area (Å²) in [5.41, 5.74) is 0.216. The average Bonchev–Trinajstić information content (AvgIpc) is 2.54. The quantitative estimate of drug-likeness (QED) is 0.680. The molecule has 2 rings (SSSR count). The molecule has 0 aliphatic carbocycles. The Bertz CT molecular complexity index is 537. The second kappa shape index (κ2) is 5.92. The zero-order valence-electron chi connectivity index (χ0n) is 10.5. The van der Waals surface area contributed by atoms with E-state index in [-0.39, 0.29) is 62.8 Å². The first-order valence-electron chi connectivity index (χ1n) is 5.22. The Hall–Kier alpha value is -0.0787. The molecular weight excluding hydrogens is 267 g/mol. The third-order valence-electron chi connectivity index (χ3n) is 2.68. The summed E-state index contributed by atoms with van der Waals surface area (Å²) in [5, 5.41) is 3.96. The van der Waals surface area contributed by atoms with Crippen LogP contribution in [0.25, 0.3) is 5.69 Å². The molecule has 0 radical (unpaired) electrons. The van der Waals surface area contributed by atoms with Crippen molar-refractivity contribution >= 4 is 12.4 Å². The predicted octanol–water partition coefficient (Wildman–Crippen LogP) is -0.452. The van der Waals surface area contributed by atoms with Gasteiger partial charge in [-0.3, -0.25) is 0 Å². The van der Waals surface area contributed by atoms with Crippen molar-refractivity contribution in [1.29, 1.82) is 0 Å². The molecule has 0 N–H and O–H groups in total. The number of halogens is 3. The predicted molar refractivity (Wildman–Crippen MR) is 61.8 cm³/mol. The standard InChI is InChI=1S/C11H11BF3N2.K/c1-8-11(12(13,14)15)9(2)17(16-8)10-6-4-3-5-7-10;/h3-7H,1-2H3;/q-1;+1. The van der Waals surface area contributed by atoms with Gasteiger partial charge in [-0.2, -0.15) is 5.10 Å². The zero-order valence-corrected chi connectivity index (χ0v) is 13.6. The molecular formula is C11H11BF3KN2. The van der Waals surface area contributed by atoms with Crippen LogP contribution in [0, 0.1) is 13.8 Å². The number of benzene rings is 1. The van der Waals surface area contributed by atoms with E-state index in [9.17, 15) is 12.9 Å². The first-order chi connectivity index (χ1) is 7.91. The first-order valence-corrected chi connectivity index (χ1v) is 5.22. The van der Waals surface area contributed by atoms with Crippen LogP contribution >= 0.6 is 0 Å². The van der Waals surface area contributed by atoms with E-state index in [4.69, 9.17) is 0 Å². The van der Waals surface area contributed by atoms with Gasteiger partial charge >= 0.3 is 58.4 Å². The Labute approximate surface area is 146 Å². The molecule has 1 heterocycles. The summed E-state index contributed by atoms with van der Waals surface area (Å²) in [6, 6.07) is 8.80. The molecule has 0 aliphatic rings. The van der Waals surface area contributed by atoms with Crippen molar-refractivity contribution in [3.05, 3.63) is 41.7 Å². The molecule has 90 valence electrons. The van der Waals surface area contributed by atoms with E-state index in [1.54, 1.807) is 24.3 Å². The molecule has 18 heavy (non-hydrogen) atoms.